The second-order valence-electron chi connectivity index (χ2n) is 14.2. The highest BCUT2D eigenvalue weighted by Crippen LogP contribution is 2.38. The normalized spacial score (nSPS) is 11.8. The topological polar surface area (TPSA) is 168 Å². The molecule has 0 aliphatic carbocycles. The van der Waals surface area contributed by atoms with Crippen LogP contribution in [0.4, 0.5) is 0 Å². The molecule has 0 saturated heterocycles. The van der Waals surface area contributed by atoms with Gasteiger partial charge in [-0.25, -0.2) is 9.97 Å². The van der Waals surface area contributed by atoms with Gasteiger partial charge in [-0.2, -0.15) is 0 Å². The summed E-state index contributed by atoms with van der Waals surface area (Å²) in [5, 5.41) is 48.9. The summed E-state index contributed by atoms with van der Waals surface area (Å²) in [6, 6.07) is 38.1. The molecule has 0 saturated carbocycles. The average molecular weight is 760 g/mol. The standard InChI is InChI=1S/C45H35B3N4O6/c1-26-2-4-27(5-3-26)42-34-18-20-36(49-34)43(28-6-12-31(13-7-28)47(54)55)38-22-24-40(51-38)45(30-10-16-33(17-11-30)58-46-53)41-25-23-39(52-41)44(37-21-19-35(42)50-37)29-8-14-32(15-9-29)48(56)57/h2-25,46,49,52-57H,1H3. The number of rotatable bonds is 8. The fourth-order valence-electron chi connectivity index (χ4n) is 7.58. The van der Waals surface area contributed by atoms with Crippen LogP contribution in [0.1, 0.15) is 28.3 Å². The van der Waals surface area contributed by atoms with Crippen LogP contribution in [0.15, 0.2) is 121 Å². The molecule has 5 heterocycles. The Morgan fingerprint density at radius 1 is 0.448 bits per heavy atom. The molecule has 0 amide bonds. The van der Waals surface area contributed by atoms with Gasteiger partial charge in [-0.3, -0.25) is 0 Å². The SMILES string of the molecule is Cc1ccc(-c2c3nc(c(-c4ccc(B(O)O)cc4)c4ccc([nH]4)c(-c4ccc(OBO)cc4)c4nc(c(-c5ccc(B(O)O)cc5)c5ccc2[nH]5)C=C4)C=C3)cc1. The summed E-state index contributed by atoms with van der Waals surface area (Å²) in [4.78, 5) is 18.0. The van der Waals surface area contributed by atoms with Crippen molar-refractivity contribution in [2.45, 2.75) is 6.92 Å². The monoisotopic (exact) mass is 760 g/mol. The number of fused-ring (bicyclic) bond motifs is 8. The molecule has 0 unspecified atom stereocenters. The Balaban J connectivity index is 1.42. The Bertz CT molecular complexity index is 2860. The third-order valence-corrected chi connectivity index (χ3v) is 10.5. The van der Waals surface area contributed by atoms with Crippen LogP contribution >= 0.6 is 0 Å². The van der Waals surface area contributed by atoms with Crippen molar-refractivity contribution in [2.75, 3.05) is 0 Å². The summed E-state index contributed by atoms with van der Waals surface area (Å²) in [6.45, 7) is 2.05. The fourth-order valence-corrected chi connectivity index (χ4v) is 7.58. The van der Waals surface area contributed by atoms with Crippen LogP contribution in [-0.2, 0) is 0 Å². The first-order valence-corrected chi connectivity index (χ1v) is 18.7. The molecule has 0 spiro atoms. The van der Waals surface area contributed by atoms with E-state index >= 15 is 0 Å². The summed E-state index contributed by atoms with van der Waals surface area (Å²) >= 11 is 0. The van der Waals surface area contributed by atoms with Gasteiger partial charge >= 0.3 is 21.9 Å². The van der Waals surface area contributed by atoms with E-state index in [1.165, 1.54) is 0 Å². The van der Waals surface area contributed by atoms with Gasteiger partial charge in [-0.1, -0.05) is 90.5 Å². The lowest BCUT2D eigenvalue weighted by Gasteiger charge is -2.08. The Labute approximate surface area is 334 Å². The van der Waals surface area contributed by atoms with Gasteiger partial charge in [0.05, 0.1) is 22.8 Å². The van der Waals surface area contributed by atoms with Crippen molar-refractivity contribution in [1.82, 2.24) is 19.9 Å². The minimum Gasteiger partial charge on any atom is -0.539 e. The number of aromatic nitrogens is 4. The highest BCUT2D eigenvalue weighted by molar-refractivity contribution is 6.59. The number of hydrogen-bond acceptors (Lipinski definition) is 8. The predicted octanol–water partition coefficient (Wildman–Crippen LogP) is 5.63. The molecule has 3 aromatic heterocycles. The van der Waals surface area contributed by atoms with Crippen molar-refractivity contribution >= 4 is 79.2 Å². The molecule has 9 rings (SSSR count). The van der Waals surface area contributed by atoms with E-state index in [0.717, 1.165) is 77.8 Å². The maximum absolute atomic E-state index is 9.89. The molecular weight excluding hydrogens is 725 g/mol. The van der Waals surface area contributed by atoms with Crippen LogP contribution in [0.5, 0.6) is 5.75 Å². The number of H-pyrrole nitrogens is 2. The van der Waals surface area contributed by atoms with E-state index in [4.69, 9.17) is 14.6 Å². The van der Waals surface area contributed by atoms with Crippen LogP contribution in [0, 0.1) is 6.92 Å². The van der Waals surface area contributed by atoms with Crippen molar-refractivity contribution in [3.63, 3.8) is 0 Å². The van der Waals surface area contributed by atoms with Gasteiger partial charge in [0.2, 0.25) is 0 Å². The molecule has 8 bridgehead atoms. The first kappa shape index (κ1) is 36.9. The number of aromatic amines is 2. The summed E-state index contributed by atoms with van der Waals surface area (Å²) in [5.41, 5.74) is 14.7. The fraction of sp³-hybridized carbons (Fsp3) is 0.0222. The Kier molecular flexibility index (Phi) is 9.74. The second-order valence-corrected chi connectivity index (χ2v) is 14.2. The first-order valence-electron chi connectivity index (χ1n) is 18.7. The summed E-state index contributed by atoms with van der Waals surface area (Å²) in [6.07, 6.45) is 7.98. The van der Waals surface area contributed by atoms with Crippen LogP contribution in [0.25, 0.3) is 90.9 Å². The van der Waals surface area contributed by atoms with Gasteiger partial charge in [-0.15, -0.1) is 0 Å². The molecule has 7 aromatic rings. The van der Waals surface area contributed by atoms with Crippen molar-refractivity contribution in [2.24, 2.45) is 0 Å². The van der Waals surface area contributed by atoms with E-state index in [9.17, 15) is 25.1 Å². The quantitative estimate of drug-likeness (QED) is 0.0980. The van der Waals surface area contributed by atoms with Gasteiger partial charge in [0.1, 0.15) is 5.75 Å². The van der Waals surface area contributed by atoms with Crippen molar-refractivity contribution in [1.29, 1.82) is 0 Å². The largest absolute Gasteiger partial charge is 0.539 e. The third-order valence-electron chi connectivity index (χ3n) is 10.5. The zero-order valence-corrected chi connectivity index (χ0v) is 31.3. The van der Waals surface area contributed by atoms with E-state index in [1.807, 2.05) is 85.0 Å². The molecule has 10 nitrogen and oxygen atoms in total. The lowest BCUT2D eigenvalue weighted by molar-refractivity contribution is 0.424. The number of aryl methyl sites for hydroxylation is 1. The molecular formula is C45H35B3N4O6. The minimum atomic E-state index is -1.60. The smallest absolute Gasteiger partial charge is 0.504 e. The van der Waals surface area contributed by atoms with Crippen LogP contribution < -0.4 is 15.6 Å². The maximum atomic E-state index is 9.89. The van der Waals surface area contributed by atoms with E-state index in [-0.39, 0.29) is 0 Å². The molecule has 13 heteroatoms. The van der Waals surface area contributed by atoms with E-state index < -0.39 is 21.9 Å². The predicted molar refractivity (Wildman–Crippen MR) is 235 cm³/mol. The van der Waals surface area contributed by atoms with Crippen molar-refractivity contribution < 1.29 is 29.8 Å². The molecule has 2 aliphatic heterocycles. The summed E-state index contributed by atoms with van der Waals surface area (Å²) < 4.78 is 5.35. The molecule has 0 atom stereocenters. The molecule has 4 aromatic carbocycles. The number of nitrogens with one attached hydrogen (secondary N) is 2. The number of benzene rings is 4. The molecule has 0 radical (unpaired) electrons. The summed E-state index contributed by atoms with van der Waals surface area (Å²) in [7, 11) is -3.65. The maximum Gasteiger partial charge on any atom is 0.504 e. The third kappa shape index (κ3) is 6.98. The minimum absolute atomic E-state index is 0.374. The van der Waals surface area contributed by atoms with Gasteiger partial charge < -0.3 is 39.7 Å². The van der Waals surface area contributed by atoms with Gasteiger partial charge in [-0.05, 0) is 101 Å². The number of hydrogen-bond donors (Lipinski definition) is 7. The average Bonchev–Trinajstić information content (AvgIpc) is 4.08. The molecule has 58 heavy (non-hydrogen) atoms. The molecule has 2 aliphatic rings. The van der Waals surface area contributed by atoms with E-state index in [2.05, 4.69) is 41.2 Å². The lowest BCUT2D eigenvalue weighted by Crippen LogP contribution is -2.29. The summed E-state index contributed by atoms with van der Waals surface area (Å²) in [5.74, 6) is 0.518. The van der Waals surface area contributed by atoms with E-state index in [1.54, 1.807) is 36.4 Å². The lowest BCUT2D eigenvalue weighted by atomic mass is 9.80. The van der Waals surface area contributed by atoms with Crippen molar-refractivity contribution in [3.8, 4) is 50.3 Å². The molecule has 280 valence electrons. The van der Waals surface area contributed by atoms with Gasteiger partial charge in [0.15, 0.2) is 0 Å². The Morgan fingerprint density at radius 3 is 1.07 bits per heavy atom. The zero-order chi connectivity index (χ0) is 39.9. The first-order chi connectivity index (χ1) is 28.2. The Hall–Kier alpha value is -6.73. The zero-order valence-electron chi connectivity index (χ0n) is 31.3. The highest BCUT2D eigenvalue weighted by atomic mass is 16.5. The van der Waals surface area contributed by atoms with Crippen LogP contribution in [-0.4, -0.2) is 67.0 Å². The van der Waals surface area contributed by atoms with Gasteiger partial charge in [0.25, 0.3) is 0 Å². The molecule has 0 fully saturated rings. The highest BCUT2D eigenvalue weighted by Gasteiger charge is 2.20. The second kappa shape index (κ2) is 15.3. The van der Waals surface area contributed by atoms with Crippen molar-refractivity contribution in [3.05, 3.63) is 150 Å². The Morgan fingerprint density at radius 2 is 0.759 bits per heavy atom. The van der Waals surface area contributed by atoms with Gasteiger partial charge in [0, 0.05) is 44.3 Å². The van der Waals surface area contributed by atoms with Crippen LogP contribution in [0.3, 0.4) is 0 Å². The number of nitrogens with zero attached hydrogens (tertiary/aromatic N) is 2. The molecule has 7 N–H and O–H groups in total. The van der Waals surface area contributed by atoms with E-state index in [0.29, 0.717) is 33.8 Å². The van der Waals surface area contributed by atoms with Crippen LogP contribution in [0.2, 0.25) is 0 Å².